The number of anilines is 2. The molecule has 1 saturated heterocycles. The summed E-state index contributed by atoms with van der Waals surface area (Å²) in [5, 5.41) is 2.84. The highest BCUT2D eigenvalue weighted by Gasteiger charge is 2.18. The van der Waals surface area contributed by atoms with Gasteiger partial charge in [-0.25, -0.2) is 4.98 Å². The highest BCUT2D eigenvalue weighted by Crippen LogP contribution is 2.28. The SMILES string of the molecule is C=CC(=O)Nc1cc2nc(N3CCCCC3)n(C)c2cc1C. The lowest BCUT2D eigenvalue weighted by atomic mass is 10.1. The van der Waals surface area contributed by atoms with E-state index in [1.54, 1.807) is 0 Å². The molecule has 0 unspecified atom stereocenters. The molecule has 0 saturated carbocycles. The number of hydrogen-bond donors (Lipinski definition) is 1. The Bertz CT molecular complexity index is 726. The molecular formula is C17H22N4O. The van der Waals surface area contributed by atoms with Gasteiger partial charge in [0.1, 0.15) is 0 Å². The van der Waals surface area contributed by atoms with Gasteiger partial charge in [0.2, 0.25) is 11.9 Å². The molecule has 3 rings (SSSR count). The molecule has 0 bridgehead atoms. The topological polar surface area (TPSA) is 50.2 Å². The maximum absolute atomic E-state index is 11.5. The third kappa shape index (κ3) is 2.58. The maximum atomic E-state index is 11.5. The Hall–Kier alpha value is -2.30. The van der Waals surface area contributed by atoms with Crippen LogP contribution in [0.3, 0.4) is 0 Å². The van der Waals surface area contributed by atoms with Crippen LogP contribution in [-0.4, -0.2) is 28.5 Å². The molecule has 0 spiro atoms. The van der Waals surface area contributed by atoms with Crippen LogP contribution in [0.5, 0.6) is 0 Å². The zero-order chi connectivity index (χ0) is 15.7. The molecule has 2 heterocycles. The van der Waals surface area contributed by atoms with Crippen LogP contribution in [-0.2, 0) is 11.8 Å². The van der Waals surface area contributed by atoms with Crippen molar-refractivity contribution in [1.29, 1.82) is 0 Å². The van der Waals surface area contributed by atoms with Gasteiger partial charge in [-0.05, 0) is 50.0 Å². The van der Waals surface area contributed by atoms with E-state index in [1.807, 2.05) is 13.0 Å². The first-order chi connectivity index (χ1) is 10.6. The molecule has 22 heavy (non-hydrogen) atoms. The number of carbonyl (C=O) groups is 1. The molecule has 1 amide bonds. The van der Waals surface area contributed by atoms with E-state index in [2.05, 4.69) is 34.5 Å². The Morgan fingerprint density at radius 2 is 2.05 bits per heavy atom. The Labute approximate surface area is 130 Å². The number of rotatable bonds is 3. The third-order valence-electron chi connectivity index (χ3n) is 4.29. The van der Waals surface area contributed by atoms with Crippen LogP contribution in [0.1, 0.15) is 24.8 Å². The van der Waals surface area contributed by atoms with Crippen LogP contribution in [0.15, 0.2) is 24.8 Å². The van der Waals surface area contributed by atoms with Crippen LogP contribution in [0.25, 0.3) is 11.0 Å². The van der Waals surface area contributed by atoms with Crippen LogP contribution in [0, 0.1) is 6.92 Å². The second kappa shape index (κ2) is 5.83. The lowest BCUT2D eigenvalue weighted by Crippen LogP contribution is -2.31. The summed E-state index contributed by atoms with van der Waals surface area (Å²) >= 11 is 0. The standard InChI is InChI=1S/C17H22N4O/c1-4-16(22)18-13-11-14-15(10-12(13)2)20(3)17(19-14)21-8-6-5-7-9-21/h4,10-11H,1,5-9H2,2-3H3,(H,18,22). The first-order valence-corrected chi connectivity index (χ1v) is 7.75. The lowest BCUT2D eigenvalue weighted by Gasteiger charge is -2.27. The molecule has 1 fully saturated rings. The van der Waals surface area contributed by atoms with Crippen molar-refractivity contribution >= 4 is 28.6 Å². The number of nitrogens with zero attached hydrogens (tertiary/aromatic N) is 3. The predicted octanol–water partition coefficient (Wildman–Crippen LogP) is 3.00. The zero-order valence-corrected chi connectivity index (χ0v) is 13.2. The summed E-state index contributed by atoms with van der Waals surface area (Å²) < 4.78 is 2.15. The smallest absolute Gasteiger partial charge is 0.247 e. The van der Waals surface area contributed by atoms with Gasteiger partial charge in [0, 0.05) is 25.8 Å². The summed E-state index contributed by atoms with van der Waals surface area (Å²) in [6.45, 7) is 7.61. The number of piperidine rings is 1. The number of carbonyl (C=O) groups excluding carboxylic acids is 1. The van der Waals surface area contributed by atoms with Gasteiger partial charge in [0.25, 0.3) is 0 Å². The molecule has 116 valence electrons. The van der Waals surface area contributed by atoms with Gasteiger partial charge in [0.15, 0.2) is 0 Å². The molecule has 5 heteroatoms. The summed E-state index contributed by atoms with van der Waals surface area (Å²) in [5.41, 5.74) is 3.82. The van der Waals surface area contributed by atoms with Crippen molar-refractivity contribution in [2.24, 2.45) is 7.05 Å². The molecule has 0 aliphatic carbocycles. The monoisotopic (exact) mass is 298 g/mol. The number of amides is 1. The first kappa shape index (κ1) is 14.6. The lowest BCUT2D eigenvalue weighted by molar-refractivity contribution is -0.111. The minimum atomic E-state index is -0.199. The first-order valence-electron chi connectivity index (χ1n) is 7.75. The second-order valence-corrected chi connectivity index (χ2v) is 5.87. The second-order valence-electron chi connectivity index (χ2n) is 5.87. The molecule has 1 aromatic carbocycles. The highest BCUT2D eigenvalue weighted by atomic mass is 16.1. The van der Waals surface area contributed by atoms with Crippen molar-refractivity contribution < 1.29 is 4.79 Å². The summed E-state index contributed by atoms with van der Waals surface area (Å²) in [6, 6.07) is 4.02. The van der Waals surface area contributed by atoms with Gasteiger partial charge in [-0.3, -0.25) is 4.79 Å². The number of aryl methyl sites for hydroxylation is 2. The molecular weight excluding hydrogens is 276 g/mol. The molecule has 2 aromatic rings. The predicted molar refractivity (Wildman–Crippen MR) is 90.3 cm³/mol. The van der Waals surface area contributed by atoms with Crippen LogP contribution < -0.4 is 10.2 Å². The van der Waals surface area contributed by atoms with E-state index in [4.69, 9.17) is 4.98 Å². The van der Waals surface area contributed by atoms with E-state index in [-0.39, 0.29) is 5.91 Å². The Morgan fingerprint density at radius 1 is 1.32 bits per heavy atom. The average molecular weight is 298 g/mol. The molecule has 0 atom stereocenters. The van der Waals surface area contributed by atoms with E-state index >= 15 is 0 Å². The molecule has 1 N–H and O–H groups in total. The fourth-order valence-corrected chi connectivity index (χ4v) is 3.03. The fourth-order valence-electron chi connectivity index (χ4n) is 3.03. The van der Waals surface area contributed by atoms with Gasteiger partial charge >= 0.3 is 0 Å². The van der Waals surface area contributed by atoms with Crippen molar-refractivity contribution in [3.05, 3.63) is 30.4 Å². The number of fused-ring (bicyclic) bond motifs is 1. The normalized spacial score (nSPS) is 15.1. The van der Waals surface area contributed by atoms with E-state index < -0.39 is 0 Å². The molecule has 0 radical (unpaired) electrons. The minimum absolute atomic E-state index is 0.199. The van der Waals surface area contributed by atoms with Crippen molar-refractivity contribution in [1.82, 2.24) is 9.55 Å². The van der Waals surface area contributed by atoms with Crippen molar-refractivity contribution in [3.63, 3.8) is 0 Å². The molecule has 1 aliphatic heterocycles. The highest BCUT2D eigenvalue weighted by molar-refractivity contribution is 6.00. The van der Waals surface area contributed by atoms with Gasteiger partial charge in [-0.1, -0.05) is 6.58 Å². The third-order valence-corrected chi connectivity index (χ3v) is 4.29. The largest absolute Gasteiger partial charge is 0.342 e. The van der Waals surface area contributed by atoms with E-state index in [1.165, 1.54) is 25.3 Å². The van der Waals surface area contributed by atoms with Gasteiger partial charge in [-0.15, -0.1) is 0 Å². The van der Waals surface area contributed by atoms with Crippen molar-refractivity contribution in [2.45, 2.75) is 26.2 Å². The Morgan fingerprint density at radius 3 is 2.73 bits per heavy atom. The molecule has 1 aliphatic rings. The number of benzene rings is 1. The zero-order valence-electron chi connectivity index (χ0n) is 13.2. The Balaban J connectivity index is 2.01. The molecule has 5 nitrogen and oxygen atoms in total. The van der Waals surface area contributed by atoms with Crippen LogP contribution in [0.4, 0.5) is 11.6 Å². The fraction of sp³-hybridized carbons (Fsp3) is 0.412. The maximum Gasteiger partial charge on any atom is 0.247 e. The quantitative estimate of drug-likeness (QED) is 0.886. The minimum Gasteiger partial charge on any atom is -0.342 e. The van der Waals surface area contributed by atoms with Crippen molar-refractivity contribution in [2.75, 3.05) is 23.3 Å². The van der Waals surface area contributed by atoms with E-state index in [9.17, 15) is 4.79 Å². The average Bonchev–Trinajstić information content (AvgIpc) is 2.85. The van der Waals surface area contributed by atoms with E-state index in [0.29, 0.717) is 0 Å². The summed E-state index contributed by atoms with van der Waals surface area (Å²) in [5.74, 6) is 0.816. The number of imidazole rings is 1. The van der Waals surface area contributed by atoms with Gasteiger partial charge in [-0.2, -0.15) is 0 Å². The van der Waals surface area contributed by atoms with Gasteiger partial charge in [0.05, 0.1) is 11.0 Å². The number of hydrogen-bond acceptors (Lipinski definition) is 3. The summed E-state index contributed by atoms with van der Waals surface area (Å²) in [4.78, 5) is 18.7. The number of nitrogens with one attached hydrogen (secondary N) is 1. The van der Waals surface area contributed by atoms with Gasteiger partial charge < -0.3 is 14.8 Å². The van der Waals surface area contributed by atoms with Crippen LogP contribution in [0.2, 0.25) is 0 Å². The summed E-state index contributed by atoms with van der Waals surface area (Å²) in [7, 11) is 2.06. The Kier molecular flexibility index (Phi) is 3.88. The van der Waals surface area contributed by atoms with Crippen molar-refractivity contribution in [3.8, 4) is 0 Å². The number of aromatic nitrogens is 2. The summed E-state index contributed by atoms with van der Waals surface area (Å²) in [6.07, 6.45) is 5.03. The van der Waals surface area contributed by atoms with E-state index in [0.717, 1.165) is 41.3 Å². The molecule has 1 aromatic heterocycles. The van der Waals surface area contributed by atoms with Crippen LogP contribution >= 0.6 is 0 Å².